The van der Waals surface area contributed by atoms with Gasteiger partial charge in [-0.15, -0.1) is 0 Å². The zero-order valence-corrected chi connectivity index (χ0v) is 13.2. The Balaban J connectivity index is 1.56. The fourth-order valence-electron chi connectivity index (χ4n) is 3.19. The lowest BCUT2D eigenvalue weighted by atomic mass is 9.96. The van der Waals surface area contributed by atoms with Crippen molar-refractivity contribution in [2.24, 2.45) is 5.92 Å². The van der Waals surface area contributed by atoms with Crippen molar-refractivity contribution in [1.29, 1.82) is 0 Å². The molecule has 114 valence electrons. The number of rotatable bonds is 3. The number of likely N-dealkylation sites (tertiary alicyclic amines) is 1. The van der Waals surface area contributed by atoms with E-state index < -0.39 is 0 Å². The lowest BCUT2D eigenvalue weighted by Gasteiger charge is -2.36. The summed E-state index contributed by atoms with van der Waals surface area (Å²) in [4.78, 5) is 21.2. The van der Waals surface area contributed by atoms with Crippen LogP contribution >= 0.6 is 11.8 Å². The van der Waals surface area contributed by atoms with Crippen molar-refractivity contribution >= 4 is 17.7 Å². The summed E-state index contributed by atoms with van der Waals surface area (Å²) in [5, 5.41) is 0. The van der Waals surface area contributed by atoms with Gasteiger partial charge in [0.15, 0.2) is 0 Å². The van der Waals surface area contributed by atoms with Gasteiger partial charge in [0.05, 0.1) is 5.92 Å². The summed E-state index contributed by atoms with van der Waals surface area (Å²) in [5.41, 5.74) is 1.28. The topological polar surface area (TPSA) is 36.4 Å². The summed E-state index contributed by atoms with van der Waals surface area (Å²) in [6.45, 7) is 4.81. The van der Waals surface area contributed by atoms with Crippen LogP contribution in [0.3, 0.4) is 0 Å². The number of aromatic nitrogens is 1. The van der Waals surface area contributed by atoms with Crippen molar-refractivity contribution in [3.63, 3.8) is 0 Å². The first-order valence-electron chi connectivity index (χ1n) is 7.81. The number of piperidine rings is 1. The molecule has 0 radical (unpaired) electrons. The molecule has 1 aromatic rings. The SMILES string of the molecule is O=C(C1CCCN(Cc2ccncc2)C1)N1CCSCC1. The first kappa shape index (κ1) is 14.9. The van der Waals surface area contributed by atoms with Crippen LogP contribution in [0.5, 0.6) is 0 Å². The number of carbonyl (C=O) groups is 1. The molecule has 4 nitrogen and oxygen atoms in total. The minimum absolute atomic E-state index is 0.198. The van der Waals surface area contributed by atoms with E-state index in [2.05, 4.69) is 26.9 Å². The fourth-order valence-corrected chi connectivity index (χ4v) is 4.09. The van der Waals surface area contributed by atoms with E-state index in [0.29, 0.717) is 5.91 Å². The third-order valence-electron chi connectivity index (χ3n) is 4.33. The van der Waals surface area contributed by atoms with Crippen molar-refractivity contribution in [3.8, 4) is 0 Å². The number of thioether (sulfide) groups is 1. The molecule has 0 aliphatic carbocycles. The molecule has 2 saturated heterocycles. The van der Waals surface area contributed by atoms with Crippen LogP contribution in [0, 0.1) is 5.92 Å². The van der Waals surface area contributed by atoms with E-state index in [-0.39, 0.29) is 5.92 Å². The predicted octanol–water partition coefficient (Wildman–Crippen LogP) is 1.87. The van der Waals surface area contributed by atoms with E-state index in [4.69, 9.17) is 0 Å². The van der Waals surface area contributed by atoms with Gasteiger partial charge < -0.3 is 4.90 Å². The molecule has 1 unspecified atom stereocenters. The number of pyridine rings is 1. The van der Waals surface area contributed by atoms with E-state index in [1.54, 1.807) is 0 Å². The molecule has 3 heterocycles. The Hall–Kier alpha value is -1.07. The number of nitrogens with zero attached hydrogens (tertiary/aromatic N) is 3. The van der Waals surface area contributed by atoms with Gasteiger partial charge in [0.2, 0.25) is 5.91 Å². The standard InChI is InChI=1S/C16H23N3OS/c20-16(19-8-10-21-11-9-19)15-2-1-7-18(13-15)12-14-3-5-17-6-4-14/h3-6,15H,1-2,7-13H2. The van der Waals surface area contributed by atoms with Crippen molar-refractivity contribution < 1.29 is 4.79 Å². The number of amides is 1. The Labute approximate surface area is 130 Å². The molecule has 21 heavy (non-hydrogen) atoms. The molecular formula is C16H23N3OS. The van der Waals surface area contributed by atoms with Gasteiger partial charge in [0, 0.05) is 50.1 Å². The monoisotopic (exact) mass is 305 g/mol. The molecule has 1 amide bonds. The van der Waals surface area contributed by atoms with Crippen molar-refractivity contribution in [2.75, 3.05) is 37.7 Å². The molecule has 0 spiro atoms. The molecular weight excluding hydrogens is 282 g/mol. The molecule has 5 heteroatoms. The molecule has 2 fully saturated rings. The highest BCUT2D eigenvalue weighted by Crippen LogP contribution is 2.22. The highest BCUT2D eigenvalue weighted by atomic mass is 32.2. The van der Waals surface area contributed by atoms with Crippen LogP contribution < -0.4 is 0 Å². The number of hydrogen-bond acceptors (Lipinski definition) is 4. The van der Waals surface area contributed by atoms with E-state index in [1.165, 1.54) is 5.56 Å². The Kier molecular flexibility index (Phi) is 5.14. The quantitative estimate of drug-likeness (QED) is 0.854. The second kappa shape index (κ2) is 7.27. The number of hydrogen-bond donors (Lipinski definition) is 0. The smallest absolute Gasteiger partial charge is 0.227 e. The average Bonchev–Trinajstić information content (AvgIpc) is 2.56. The maximum atomic E-state index is 12.6. The Morgan fingerprint density at radius 3 is 2.76 bits per heavy atom. The van der Waals surface area contributed by atoms with Gasteiger partial charge in [-0.3, -0.25) is 14.7 Å². The minimum atomic E-state index is 0.198. The summed E-state index contributed by atoms with van der Waals surface area (Å²) in [5.74, 6) is 2.77. The lowest BCUT2D eigenvalue weighted by molar-refractivity contribution is -0.137. The first-order valence-corrected chi connectivity index (χ1v) is 8.96. The summed E-state index contributed by atoms with van der Waals surface area (Å²) in [6.07, 6.45) is 5.86. The highest BCUT2D eigenvalue weighted by Gasteiger charge is 2.29. The largest absolute Gasteiger partial charge is 0.341 e. The molecule has 1 aromatic heterocycles. The molecule has 0 saturated carbocycles. The summed E-state index contributed by atoms with van der Waals surface area (Å²) < 4.78 is 0. The van der Waals surface area contributed by atoms with Crippen molar-refractivity contribution in [1.82, 2.24) is 14.8 Å². The van der Waals surface area contributed by atoms with Crippen LogP contribution in [-0.4, -0.2) is 58.4 Å². The predicted molar refractivity (Wildman–Crippen MR) is 86.1 cm³/mol. The second-order valence-corrected chi connectivity index (χ2v) is 7.09. The third kappa shape index (κ3) is 3.98. The average molecular weight is 305 g/mol. The van der Waals surface area contributed by atoms with Gasteiger partial charge in [-0.25, -0.2) is 0 Å². The van der Waals surface area contributed by atoms with Gasteiger partial charge in [-0.05, 0) is 37.1 Å². The molecule has 2 aliphatic rings. The summed E-state index contributed by atoms with van der Waals surface area (Å²) in [6, 6.07) is 4.13. The normalized spacial score (nSPS) is 24.0. The van der Waals surface area contributed by atoms with Crippen LogP contribution in [0.1, 0.15) is 18.4 Å². The lowest BCUT2D eigenvalue weighted by Crippen LogP contribution is -2.47. The Morgan fingerprint density at radius 1 is 1.24 bits per heavy atom. The van der Waals surface area contributed by atoms with E-state index in [1.807, 2.05) is 24.2 Å². The van der Waals surface area contributed by atoms with Gasteiger partial charge in [-0.2, -0.15) is 11.8 Å². The van der Waals surface area contributed by atoms with Gasteiger partial charge in [-0.1, -0.05) is 0 Å². The molecule has 0 aromatic carbocycles. The van der Waals surface area contributed by atoms with E-state index in [9.17, 15) is 4.79 Å². The van der Waals surface area contributed by atoms with Crippen LogP contribution in [0.4, 0.5) is 0 Å². The van der Waals surface area contributed by atoms with Crippen LogP contribution in [-0.2, 0) is 11.3 Å². The molecule has 3 rings (SSSR count). The zero-order chi connectivity index (χ0) is 14.5. The van der Waals surface area contributed by atoms with E-state index in [0.717, 1.165) is 57.1 Å². The number of carbonyl (C=O) groups excluding carboxylic acids is 1. The minimum Gasteiger partial charge on any atom is -0.341 e. The maximum absolute atomic E-state index is 12.6. The molecule has 0 bridgehead atoms. The Bertz CT molecular complexity index is 462. The summed E-state index contributed by atoms with van der Waals surface area (Å²) in [7, 11) is 0. The van der Waals surface area contributed by atoms with E-state index >= 15 is 0 Å². The van der Waals surface area contributed by atoms with Crippen LogP contribution in [0.25, 0.3) is 0 Å². The second-order valence-electron chi connectivity index (χ2n) is 5.87. The maximum Gasteiger partial charge on any atom is 0.227 e. The van der Waals surface area contributed by atoms with Crippen LogP contribution in [0.2, 0.25) is 0 Å². The van der Waals surface area contributed by atoms with Crippen molar-refractivity contribution in [2.45, 2.75) is 19.4 Å². The highest BCUT2D eigenvalue weighted by molar-refractivity contribution is 7.99. The Morgan fingerprint density at radius 2 is 2.00 bits per heavy atom. The molecule has 1 atom stereocenters. The van der Waals surface area contributed by atoms with Gasteiger partial charge in [0.25, 0.3) is 0 Å². The van der Waals surface area contributed by atoms with Gasteiger partial charge >= 0.3 is 0 Å². The third-order valence-corrected chi connectivity index (χ3v) is 5.28. The first-order chi connectivity index (χ1) is 10.3. The molecule has 0 N–H and O–H groups in total. The molecule has 2 aliphatic heterocycles. The summed E-state index contributed by atoms with van der Waals surface area (Å²) >= 11 is 1.95. The van der Waals surface area contributed by atoms with Crippen LogP contribution in [0.15, 0.2) is 24.5 Å². The zero-order valence-electron chi connectivity index (χ0n) is 12.4. The van der Waals surface area contributed by atoms with Crippen molar-refractivity contribution in [3.05, 3.63) is 30.1 Å². The fraction of sp³-hybridized carbons (Fsp3) is 0.625. The van der Waals surface area contributed by atoms with Gasteiger partial charge in [0.1, 0.15) is 0 Å².